The Bertz CT molecular complexity index is 774. The third-order valence-corrected chi connectivity index (χ3v) is 4.83. The van der Waals surface area contributed by atoms with Crippen molar-refractivity contribution in [2.75, 3.05) is 34.6 Å². The fourth-order valence-corrected chi connectivity index (χ4v) is 3.59. The van der Waals surface area contributed by atoms with E-state index in [0.29, 0.717) is 0 Å². The van der Waals surface area contributed by atoms with Crippen molar-refractivity contribution in [1.29, 1.82) is 0 Å². The summed E-state index contributed by atoms with van der Waals surface area (Å²) in [6, 6.07) is 10.4. The second kappa shape index (κ2) is 5.91. The number of nitrogens with zero attached hydrogens (tertiary/aromatic N) is 1. The van der Waals surface area contributed by atoms with Crippen molar-refractivity contribution in [3.05, 3.63) is 47.0 Å². The van der Waals surface area contributed by atoms with Crippen molar-refractivity contribution in [3.8, 4) is 23.0 Å². The SMILES string of the molecule is COc1cc2c(cc1OC)C(c1ccc3cc1OCO3)N(C)CC2. The Hall–Kier alpha value is -2.40. The molecule has 5 nitrogen and oxygen atoms in total. The quantitative estimate of drug-likeness (QED) is 0.867. The number of methoxy groups -OCH3 is 2. The predicted molar refractivity (Wildman–Crippen MR) is 90.3 cm³/mol. The first kappa shape index (κ1) is 15.1. The Labute approximate surface area is 141 Å². The van der Waals surface area contributed by atoms with Crippen molar-refractivity contribution in [3.63, 3.8) is 0 Å². The van der Waals surface area contributed by atoms with Crippen molar-refractivity contribution >= 4 is 0 Å². The average molecular weight is 327 g/mol. The molecule has 2 aromatic carbocycles. The summed E-state index contributed by atoms with van der Waals surface area (Å²) in [4.78, 5) is 2.35. The molecule has 4 rings (SSSR count). The highest BCUT2D eigenvalue weighted by Crippen LogP contribution is 2.44. The molecule has 2 aliphatic heterocycles. The molecule has 126 valence electrons. The van der Waals surface area contributed by atoms with Gasteiger partial charge < -0.3 is 18.9 Å². The number of benzene rings is 2. The van der Waals surface area contributed by atoms with Crippen LogP contribution in [-0.2, 0) is 6.42 Å². The topological polar surface area (TPSA) is 40.2 Å². The molecule has 24 heavy (non-hydrogen) atoms. The van der Waals surface area contributed by atoms with E-state index in [1.165, 1.54) is 11.1 Å². The first-order valence-corrected chi connectivity index (χ1v) is 8.06. The number of hydrogen-bond acceptors (Lipinski definition) is 5. The third-order valence-electron chi connectivity index (χ3n) is 4.83. The number of hydrogen-bond donors (Lipinski definition) is 0. The first-order valence-electron chi connectivity index (χ1n) is 8.06. The zero-order valence-electron chi connectivity index (χ0n) is 14.2. The second-order valence-electron chi connectivity index (χ2n) is 6.15. The van der Waals surface area contributed by atoms with E-state index in [1.807, 2.05) is 12.1 Å². The highest BCUT2D eigenvalue weighted by molar-refractivity contribution is 5.54. The van der Waals surface area contributed by atoms with Crippen LogP contribution < -0.4 is 18.9 Å². The molecule has 0 fully saturated rings. The van der Waals surface area contributed by atoms with Gasteiger partial charge in [0.05, 0.1) is 20.3 Å². The smallest absolute Gasteiger partial charge is 0.230 e. The fraction of sp³-hybridized carbons (Fsp3) is 0.368. The van der Waals surface area contributed by atoms with E-state index in [4.69, 9.17) is 18.9 Å². The summed E-state index contributed by atoms with van der Waals surface area (Å²) >= 11 is 0. The summed E-state index contributed by atoms with van der Waals surface area (Å²) in [5.74, 6) is 3.27. The molecule has 0 saturated heterocycles. The fourth-order valence-electron chi connectivity index (χ4n) is 3.59. The Morgan fingerprint density at radius 3 is 2.58 bits per heavy atom. The van der Waals surface area contributed by atoms with Gasteiger partial charge in [0, 0.05) is 18.2 Å². The molecule has 0 radical (unpaired) electrons. The molecule has 0 aliphatic carbocycles. The van der Waals surface area contributed by atoms with Crippen LogP contribution in [0, 0.1) is 0 Å². The lowest BCUT2D eigenvalue weighted by molar-refractivity contribution is 0.102. The van der Waals surface area contributed by atoms with Gasteiger partial charge in [0.25, 0.3) is 0 Å². The van der Waals surface area contributed by atoms with Crippen molar-refractivity contribution < 1.29 is 18.9 Å². The Morgan fingerprint density at radius 1 is 1.00 bits per heavy atom. The van der Waals surface area contributed by atoms with Gasteiger partial charge in [-0.15, -0.1) is 0 Å². The van der Waals surface area contributed by atoms with Crippen LogP contribution in [-0.4, -0.2) is 39.5 Å². The second-order valence-corrected chi connectivity index (χ2v) is 6.15. The zero-order chi connectivity index (χ0) is 16.7. The molecular weight excluding hydrogens is 306 g/mol. The Kier molecular flexibility index (Phi) is 3.73. The highest BCUT2D eigenvalue weighted by Gasteiger charge is 2.31. The molecule has 1 atom stereocenters. The third kappa shape index (κ3) is 2.36. The van der Waals surface area contributed by atoms with E-state index in [9.17, 15) is 0 Å². The van der Waals surface area contributed by atoms with Gasteiger partial charge in [-0.25, -0.2) is 0 Å². The van der Waals surface area contributed by atoms with E-state index in [1.54, 1.807) is 14.2 Å². The minimum atomic E-state index is 0.121. The van der Waals surface area contributed by atoms with Gasteiger partial charge >= 0.3 is 0 Å². The van der Waals surface area contributed by atoms with E-state index in [2.05, 4.69) is 30.1 Å². The van der Waals surface area contributed by atoms with Gasteiger partial charge in [-0.2, -0.15) is 0 Å². The summed E-state index contributed by atoms with van der Waals surface area (Å²) in [6.07, 6.45) is 0.986. The summed E-state index contributed by atoms with van der Waals surface area (Å²) in [7, 11) is 5.49. The number of fused-ring (bicyclic) bond motifs is 3. The molecule has 1 unspecified atom stereocenters. The van der Waals surface area contributed by atoms with E-state index < -0.39 is 0 Å². The number of rotatable bonds is 3. The minimum Gasteiger partial charge on any atom is -0.493 e. The largest absolute Gasteiger partial charge is 0.493 e. The lowest BCUT2D eigenvalue weighted by Crippen LogP contribution is -2.33. The summed E-state index contributed by atoms with van der Waals surface area (Å²) < 4.78 is 22.1. The molecule has 0 spiro atoms. The lowest BCUT2D eigenvalue weighted by Gasteiger charge is -2.36. The highest BCUT2D eigenvalue weighted by atomic mass is 16.7. The van der Waals surface area contributed by atoms with Gasteiger partial charge in [-0.1, -0.05) is 0 Å². The van der Waals surface area contributed by atoms with E-state index in [0.717, 1.165) is 41.5 Å². The van der Waals surface area contributed by atoms with Crippen molar-refractivity contribution in [2.45, 2.75) is 12.5 Å². The van der Waals surface area contributed by atoms with Crippen molar-refractivity contribution in [1.82, 2.24) is 4.90 Å². The molecule has 2 aromatic rings. The first-order chi connectivity index (χ1) is 11.7. The summed E-state index contributed by atoms with van der Waals surface area (Å²) in [6.45, 7) is 1.25. The maximum Gasteiger partial charge on any atom is 0.230 e. The molecule has 2 heterocycles. The molecule has 2 bridgehead atoms. The van der Waals surface area contributed by atoms with Crippen LogP contribution in [0.4, 0.5) is 0 Å². The molecular formula is C19H21NO4. The average Bonchev–Trinajstić information content (AvgIpc) is 2.62. The maximum absolute atomic E-state index is 5.73. The number of ether oxygens (including phenoxy) is 4. The van der Waals surface area contributed by atoms with Gasteiger partial charge in [-0.05, 0) is 48.9 Å². The van der Waals surface area contributed by atoms with Gasteiger partial charge in [-0.3, -0.25) is 4.90 Å². The Balaban J connectivity index is 1.86. The molecule has 0 amide bonds. The summed E-state index contributed by atoms with van der Waals surface area (Å²) in [5, 5.41) is 0. The molecule has 2 aliphatic rings. The van der Waals surface area contributed by atoms with Crippen LogP contribution in [0.1, 0.15) is 22.7 Å². The van der Waals surface area contributed by atoms with Gasteiger partial charge in [0.15, 0.2) is 11.5 Å². The minimum absolute atomic E-state index is 0.121. The molecule has 0 N–H and O–H groups in total. The van der Waals surface area contributed by atoms with E-state index >= 15 is 0 Å². The molecule has 0 saturated carbocycles. The molecule has 5 heteroatoms. The summed E-state index contributed by atoms with van der Waals surface area (Å²) in [5.41, 5.74) is 3.68. The normalized spacial score (nSPS) is 19.0. The van der Waals surface area contributed by atoms with Crippen LogP contribution in [0.15, 0.2) is 30.3 Å². The van der Waals surface area contributed by atoms with Crippen LogP contribution in [0.25, 0.3) is 0 Å². The maximum atomic E-state index is 5.73. The Morgan fingerprint density at radius 2 is 1.79 bits per heavy atom. The number of likely N-dealkylation sites (N-methyl/N-ethyl adjacent to an activating group) is 1. The zero-order valence-corrected chi connectivity index (χ0v) is 14.2. The monoisotopic (exact) mass is 327 g/mol. The van der Waals surface area contributed by atoms with Gasteiger partial charge in [0.1, 0.15) is 11.5 Å². The predicted octanol–water partition coefficient (Wildman–Crippen LogP) is 3.01. The standard InChI is InChI=1S/C19H21NO4/c1-20-7-6-12-8-17(21-2)18(22-3)10-15(12)19(20)14-5-4-13-9-16(14)24-11-23-13/h4-5,8-10,19H,6-7,11H2,1-3H3. The van der Waals surface area contributed by atoms with Crippen LogP contribution in [0.5, 0.6) is 23.0 Å². The van der Waals surface area contributed by atoms with Crippen LogP contribution in [0.2, 0.25) is 0 Å². The van der Waals surface area contributed by atoms with Crippen LogP contribution in [0.3, 0.4) is 0 Å². The molecule has 0 aromatic heterocycles. The van der Waals surface area contributed by atoms with Crippen molar-refractivity contribution in [2.24, 2.45) is 0 Å². The van der Waals surface area contributed by atoms with E-state index in [-0.39, 0.29) is 12.8 Å². The van der Waals surface area contributed by atoms with Gasteiger partial charge in [0.2, 0.25) is 6.79 Å². The lowest BCUT2D eigenvalue weighted by atomic mass is 9.87. The van der Waals surface area contributed by atoms with Crippen LogP contribution >= 0.6 is 0 Å².